The number of rotatable bonds is 7. The maximum atomic E-state index is 13.6. The maximum absolute atomic E-state index is 13.6. The Bertz CT molecular complexity index is 1260. The second-order valence-electron chi connectivity index (χ2n) is 12.5. The molecular weight excluding hydrogens is 456 g/mol. The van der Waals surface area contributed by atoms with Gasteiger partial charge in [-0.2, -0.15) is 0 Å². The van der Waals surface area contributed by atoms with Crippen molar-refractivity contribution in [2.45, 2.75) is 78.7 Å². The Kier molecular flexibility index (Phi) is 6.25. The standard InChI is InChI=1S/C33H40N2O2/c1-21-12-22(2)29(23(3)13-21)31-34-28(10-11-33-17-25-14-26(18-33)16-27(15-25)19-33)30(35(31)4)32(36)37-20-24-8-6-5-7-9-24/h5-9,12-13,25-27H,10-11,14-20H2,1-4H3. The number of aryl methyl sites for hydroxylation is 4. The van der Waals surface area contributed by atoms with Gasteiger partial charge in [0, 0.05) is 12.6 Å². The molecule has 4 bridgehead atoms. The second-order valence-corrected chi connectivity index (χ2v) is 12.5. The molecule has 4 saturated carbocycles. The van der Waals surface area contributed by atoms with Crippen LogP contribution in [0.25, 0.3) is 11.4 Å². The topological polar surface area (TPSA) is 44.1 Å². The van der Waals surface area contributed by atoms with Gasteiger partial charge >= 0.3 is 5.97 Å². The van der Waals surface area contributed by atoms with Crippen molar-refractivity contribution in [1.29, 1.82) is 0 Å². The molecule has 4 aliphatic carbocycles. The van der Waals surface area contributed by atoms with Crippen LogP contribution in [0.1, 0.15) is 83.4 Å². The minimum atomic E-state index is -0.270. The predicted molar refractivity (Wildman–Crippen MR) is 147 cm³/mol. The summed E-state index contributed by atoms with van der Waals surface area (Å²) in [7, 11) is 1.98. The normalized spacial score (nSPS) is 26.0. The molecule has 4 nitrogen and oxygen atoms in total. The zero-order chi connectivity index (χ0) is 25.7. The van der Waals surface area contributed by atoms with E-state index >= 15 is 0 Å². The summed E-state index contributed by atoms with van der Waals surface area (Å²) in [6, 6.07) is 14.3. The fraction of sp³-hybridized carbons (Fsp3) is 0.515. The number of esters is 1. The van der Waals surface area contributed by atoms with Crippen molar-refractivity contribution >= 4 is 5.97 Å². The summed E-state index contributed by atoms with van der Waals surface area (Å²) in [6.07, 6.45) is 10.5. The summed E-state index contributed by atoms with van der Waals surface area (Å²) in [6.45, 7) is 6.70. The summed E-state index contributed by atoms with van der Waals surface area (Å²) in [5, 5.41) is 0. The van der Waals surface area contributed by atoms with Crippen LogP contribution in [0.15, 0.2) is 42.5 Å². The van der Waals surface area contributed by atoms with E-state index in [4.69, 9.17) is 9.72 Å². The first-order valence-electron chi connectivity index (χ1n) is 14.1. The van der Waals surface area contributed by atoms with Crippen LogP contribution in [-0.2, 0) is 24.8 Å². The largest absolute Gasteiger partial charge is 0.456 e. The average Bonchev–Trinajstić information content (AvgIpc) is 3.16. The van der Waals surface area contributed by atoms with Crippen LogP contribution >= 0.6 is 0 Å². The van der Waals surface area contributed by atoms with E-state index in [2.05, 4.69) is 32.9 Å². The van der Waals surface area contributed by atoms with Crippen LogP contribution in [0.5, 0.6) is 0 Å². The molecule has 0 atom stereocenters. The smallest absolute Gasteiger partial charge is 0.357 e. The van der Waals surface area contributed by atoms with Crippen LogP contribution in [0.4, 0.5) is 0 Å². The lowest BCUT2D eigenvalue weighted by Crippen LogP contribution is -2.46. The van der Waals surface area contributed by atoms with E-state index in [0.717, 1.165) is 53.2 Å². The molecule has 1 heterocycles. The molecule has 0 aliphatic heterocycles. The Morgan fingerprint density at radius 1 is 0.973 bits per heavy atom. The number of benzene rings is 2. The minimum Gasteiger partial charge on any atom is -0.456 e. The number of ether oxygens (including phenoxy) is 1. The zero-order valence-electron chi connectivity index (χ0n) is 22.8. The Balaban J connectivity index is 1.32. The molecule has 0 unspecified atom stereocenters. The molecule has 37 heavy (non-hydrogen) atoms. The van der Waals surface area contributed by atoms with Gasteiger partial charge in [0.15, 0.2) is 5.69 Å². The molecule has 2 aromatic carbocycles. The van der Waals surface area contributed by atoms with Gasteiger partial charge in [0.05, 0.1) is 5.69 Å². The van der Waals surface area contributed by atoms with Gasteiger partial charge in [-0.05, 0) is 112 Å². The van der Waals surface area contributed by atoms with Crippen molar-refractivity contribution in [3.8, 4) is 11.4 Å². The number of carbonyl (C=O) groups excluding carboxylic acids is 1. The van der Waals surface area contributed by atoms with Crippen molar-refractivity contribution in [2.24, 2.45) is 30.2 Å². The number of carbonyl (C=O) groups is 1. The molecule has 4 fully saturated rings. The Hall–Kier alpha value is -2.88. The summed E-state index contributed by atoms with van der Waals surface area (Å²) in [4.78, 5) is 18.8. The molecule has 0 spiro atoms. The van der Waals surface area contributed by atoms with E-state index in [1.807, 2.05) is 41.9 Å². The highest BCUT2D eigenvalue weighted by atomic mass is 16.5. The van der Waals surface area contributed by atoms with E-state index in [-0.39, 0.29) is 12.6 Å². The van der Waals surface area contributed by atoms with Gasteiger partial charge in [-0.1, -0.05) is 48.0 Å². The van der Waals surface area contributed by atoms with E-state index < -0.39 is 0 Å². The number of hydrogen-bond donors (Lipinski definition) is 0. The van der Waals surface area contributed by atoms with Gasteiger partial charge in [-0.25, -0.2) is 9.78 Å². The van der Waals surface area contributed by atoms with Crippen LogP contribution in [0.2, 0.25) is 0 Å². The number of hydrogen-bond acceptors (Lipinski definition) is 3. The quantitative estimate of drug-likeness (QED) is 0.318. The lowest BCUT2D eigenvalue weighted by Gasteiger charge is -2.57. The summed E-state index contributed by atoms with van der Waals surface area (Å²) in [5.41, 5.74) is 7.75. The molecular formula is C33H40N2O2. The van der Waals surface area contributed by atoms with Crippen molar-refractivity contribution in [3.05, 3.63) is 76.1 Å². The first-order valence-corrected chi connectivity index (χ1v) is 14.1. The molecule has 1 aromatic heterocycles. The molecule has 0 saturated heterocycles. The van der Waals surface area contributed by atoms with Crippen molar-refractivity contribution < 1.29 is 9.53 Å². The molecule has 4 aliphatic rings. The molecule has 0 radical (unpaired) electrons. The summed E-state index contributed by atoms with van der Waals surface area (Å²) < 4.78 is 7.85. The zero-order valence-corrected chi connectivity index (χ0v) is 22.8. The van der Waals surface area contributed by atoms with Crippen molar-refractivity contribution in [2.75, 3.05) is 0 Å². The molecule has 194 valence electrons. The third kappa shape index (κ3) is 4.64. The summed E-state index contributed by atoms with van der Waals surface area (Å²) >= 11 is 0. The first kappa shape index (κ1) is 24.5. The van der Waals surface area contributed by atoms with Gasteiger partial charge in [-0.15, -0.1) is 0 Å². The van der Waals surface area contributed by atoms with E-state index in [0.29, 0.717) is 11.1 Å². The predicted octanol–water partition coefficient (Wildman–Crippen LogP) is 7.52. The van der Waals surface area contributed by atoms with Gasteiger partial charge in [0.1, 0.15) is 12.4 Å². The molecule has 0 N–H and O–H groups in total. The van der Waals surface area contributed by atoms with Crippen molar-refractivity contribution in [3.63, 3.8) is 0 Å². The lowest BCUT2D eigenvalue weighted by molar-refractivity contribution is -0.0571. The number of nitrogens with zero attached hydrogens (tertiary/aromatic N) is 2. The number of aromatic nitrogens is 2. The monoisotopic (exact) mass is 496 g/mol. The van der Waals surface area contributed by atoms with E-state index in [1.165, 1.54) is 55.2 Å². The Morgan fingerprint density at radius 2 is 1.57 bits per heavy atom. The fourth-order valence-corrected chi connectivity index (χ4v) is 8.51. The highest BCUT2D eigenvalue weighted by Gasteiger charge is 2.50. The second kappa shape index (κ2) is 9.45. The van der Waals surface area contributed by atoms with E-state index in [1.54, 1.807) is 0 Å². The van der Waals surface area contributed by atoms with Gasteiger partial charge in [-0.3, -0.25) is 0 Å². The van der Waals surface area contributed by atoms with Gasteiger partial charge in [0.2, 0.25) is 0 Å². The lowest BCUT2D eigenvalue weighted by atomic mass is 9.48. The minimum absolute atomic E-state index is 0.270. The average molecular weight is 497 g/mol. The summed E-state index contributed by atoms with van der Waals surface area (Å²) in [5.74, 6) is 3.39. The highest BCUT2D eigenvalue weighted by Crippen LogP contribution is 2.61. The first-order chi connectivity index (χ1) is 17.8. The van der Waals surface area contributed by atoms with Gasteiger partial charge < -0.3 is 9.30 Å². The molecule has 7 rings (SSSR count). The Morgan fingerprint density at radius 3 is 2.16 bits per heavy atom. The van der Waals surface area contributed by atoms with Crippen LogP contribution < -0.4 is 0 Å². The van der Waals surface area contributed by atoms with Gasteiger partial charge in [0.25, 0.3) is 0 Å². The third-order valence-corrected chi connectivity index (χ3v) is 9.53. The van der Waals surface area contributed by atoms with Crippen LogP contribution in [0, 0.1) is 43.9 Å². The SMILES string of the molecule is Cc1cc(C)c(-c2nc(CCC34CC5CC(CC(C5)C3)C4)c(C(=O)OCc3ccccc3)n2C)c(C)c1. The van der Waals surface area contributed by atoms with Crippen LogP contribution in [-0.4, -0.2) is 15.5 Å². The van der Waals surface area contributed by atoms with Crippen molar-refractivity contribution in [1.82, 2.24) is 9.55 Å². The molecule has 4 heteroatoms. The molecule has 0 amide bonds. The fourth-order valence-electron chi connectivity index (χ4n) is 8.51. The highest BCUT2D eigenvalue weighted by molar-refractivity contribution is 5.90. The Labute approximate surface area is 221 Å². The van der Waals surface area contributed by atoms with E-state index in [9.17, 15) is 4.79 Å². The molecule has 3 aromatic rings. The van der Waals surface area contributed by atoms with Crippen LogP contribution in [0.3, 0.4) is 0 Å². The third-order valence-electron chi connectivity index (χ3n) is 9.53. The number of imidazole rings is 1. The maximum Gasteiger partial charge on any atom is 0.357 e.